The molecule has 0 saturated heterocycles. The van der Waals surface area contributed by atoms with E-state index in [4.69, 9.17) is 10.3 Å². The zero-order valence-electron chi connectivity index (χ0n) is 2.84. The van der Waals surface area contributed by atoms with Crippen LogP contribution in [0.2, 0.25) is 0 Å². The third kappa shape index (κ3) is 52.3. The maximum atomic E-state index is 8.38. The summed E-state index contributed by atoms with van der Waals surface area (Å²) in [5.41, 5.74) is 0. The predicted octanol–water partition coefficient (Wildman–Crippen LogP) is -0.364. The van der Waals surface area contributed by atoms with Gasteiger partial charge in [0.1, 0.15) is 0 Å². The van der Waals surface area contributed by atoms with Crippen molar-refractivity contribution in [2.45, 2.75) is 0 Å². The number of rotatable bonds is 0. The summed E-state index contributed by atoms with van der Waals surface area (Å²) in [6, 6.07) is 0. The predicted molar refractivity (Wildman–Crippen MR) is 2.06 cm³/mol. The molecule has 0 heterocycles. The van der Waals surface area contributed by atoms with Gasteiger partial charge in [-0.3, -0.25) is 0 Å². The molecule has 3 nitrogen and oxygen atoms in total. The Morgan fingerprint density at radius 1 is 1.17 bits per heavy atom. The van der Waals surface area contributed by atoms with Crippen LogP contribution in [0.1, 0.15) is 0 Å². The molecule has 0 saturated carbocycles. The molecule has 30 valence electrons. The Hall–Kier alpha value is 1.43. The van der Waals surface area contributed by atoms with E-state index in [1.54, 1.807) is 0 Å². The van der Waals surface area contributed by atoms with Gasteiger partial charge in [-0.05, 0) is 0 Å². The van der Waals surface area contributed by atoms with Crippen LogP contribution in [-0.2, 0) is 68.7 Å². The Labute approximate surface area is 68.1 Å². The molecule has 0 atom stereocenters. The first-order valence-electron chi connectivity index (χ1n) is 0.659. The zero-order valence-corrected chi connectivity index (χ0v) is 10.3. The summed E-state index contributed by atoms with van der Waals surface area (Å²) in [6.07, 6.45) is 0. The van der Waals surface area contributed by atoms with E-state index in [2.05, 4.69) is 0 Å². The van der Waals surface area contributed by atoms with Crippen LogP contribution in [0.4, 0.5) is 0 Å². The second kappa shape index (κ2) is 93.0. The van der Waals surface area contributed by atoms with Gasteiger partial charge in [0.05, 0.1) is 0 Å². The molecule has 0 aliphatic heterocycles. The summed E-state index contributed by atoms with van der Waals surface area (Å²) in [7, 11) is 0. The molecule has 0 bridgehead atoms. The fourth-order valence-electron chi connectivity index (χ4n) is 0. The molecule has 0 radical (unpaired) electrons. The van der Waals surface area contributed by atoms with Crippen molar-refractivity contribution in [3.8, 4) is 0 Å². The van der Waals surface area contributed by atoms with Crippen molar-refractivity contribution < 1.29 is 68.7 Å². The minimum atomic E-state index is 0.125. The molecule has 0 aromatic heterocycles. The van der Waals surface area contributed by atoms with Gasteiger partial charge in [-0.1, -0.05) is 0 Å². The first kappa shape index (κ1) is 15.7. The fraction of sp³-hybridized carbons (Fsp3) is 0. The molecule has 0 aliphatic rings. The molecular weight excluding hydrogens is 345 g/mol. The average molecular weight is 345 g/mol. The molecule has 0 aromatic rings. The Bertz CT molecular complexity index is 15.5. The molecule has 0 aromatic carbocycles. The van der Waals surface area contributed by atoms with Gasteiger partial charge in [-0.2, -0.15) is 0 Å². The van der Waals surface area contributed by atoms with E-state index in [1.165, 1.54) is 0 Å². The Morgan fingerprint density at radius 3 is 1.17 bits per heavy atom. The van der Waals surface area contributed by atoms with Gasteiger partial charge in [0.15, 0.2) is 0 Å². The first-order chi connectivity index (χ1) is 3.00. The molecule has 6 heteroatoms. The van der Waals surface area contributed by atoms with Gasteiger partial charge in [0, 0.05) is 0 Å². The summed E-state index contributed by atoms with van der Waals surface area (Å²) < 4.78 is 25.0. The van der Waals surface area contributed by atoms with E-state index in [9.17, 15) is 0 Å². The minimum absolute atomic E-state index is 0.125. The van der Waals surface area contributed by atoms with Crippen LogP contribution < -0.4 is 0 Å². The van der Waals surface area contributed by atoms with E-state index >= 15 is 0 Å². The van der Waals surface area contributed by atoms with E-state index < -0.39 is 0 Å². The van der Waals surface area contributed by atoms with Gasteiger partial charge in [-0.15, -0.1) is 0 Å². The van der Waals surface area contributed by atoms with E-state index in [-0.39, 0.29) is 18.3 Å². The van der Waals surface area contributed by atoms with Crippen LogP contribution >= 0.6 is 0 Å². The average Bonchev–Trinajstić information content (AvgIpc) is 1.81. The fourth-order valence-corrected chi connectivity index (χ4v) is 0. The monoisotopic (exact) mass is 344 g/mol. The second-order valence-electron chi connectivity index (χ2n) is 0. The molecule has 0 spiro atoms. The van der Waals surface area contributed by atoms with Gasteiger partial charge in [0.25, 0.3) is 0 Å². The van der Waals surface area contributed by atoms with Crippen LogP contribution in [0.3, 0.4) is 0 Å². The van der Waals surface area contributed by atoms with Gasteiger partial charge >= 0.3 is 68.7 Å². The van der Waals surface area contributed by atoms with Crippen molar-refractivity contribution in [2.75, 3.05) is 0 Å². The molecular formula is O3TiWZn. The standard InChI is InChI=1S/3O.Ti.W.Zn. The van der Waals surface area contributed by atoms with Crippen LogP contribution in [0, 0.1) is 0 Å². The SMILES string of the molecule is [O]=[Ti].[O]=[W].[O]=[Zn]. The maximum absolute atomic E-state index is 8.38. The molecule has 0 unspecified atom stereocenters. The Morgan fingerprint density at radius 2 is 1.17 bits per heavy atom. The summed E-state index contributed by atoms with van der Waals surface area (Å²) >= 11 is 1.21. The van der Waals surface area contributed by atoms with Crippen molar-refractivity contribution in [3.05, 3.63) is 0 Å². The van der Waals surface area contributed by atoms with Crippen LogP contribution in [0.5, 0.6) is 0 Å². The van der Waals surface area contributed by atoms with Crippen molar-refractivity contribution in [1.29, 1.82) is 0 Å². The Kier molecular flexibility index (Phi) is 243. The van der Waals surface area contributed by atoms with Gasteiger partial charge < -0.3 is 0 Å². The van der Waals surface area contributed by atoms with Crippen LogP contribution in [0.25, 0.3) is 0 Å². The molecule has 6 heavy (non-hydrogen) atoms. The van der Waals surface area contributed by atoms with E-state index in [0.29, 0.717) is 19.8 Å². The first-order valence-corrected chi connectivity index (χ1v) is 3.71. The second-order valence-corrected chi connectivity index (χ2v) is 0. The molecule has 0 fully saturated rings. The Balaban J connectivity index is -0.0000000225. The third-order valence-corrected chi connectivity index (χ3v) is 0. The molecule has 0 rings (SSSR count). The van der Waals surface area contributed by atoms with Gasteiger partial charge in [-0.25, -0.2) is 0 Å². The normalized spacial score (nSPS) is 2.17. The van der Waals surface area contributed by atoms with E-state index in [0.717, 1.165) is 20.4 Å². The van der Waals surface area contributed by atoms with Crippen molar-refractivity contribution in [2.24, 2.45) is 0 Å². The molecule has 0 N–H and O–H groups in total. The van der Waals surface area contributed by atoms with E-state index in [1.807, 2.05) is 0 Å². The number of hydrogen-bond donors (Lipinski definition) is 0. The van der Waals surface area contributed by atoms with Crippen molar-refractivity contribution in [1.82, 2.24) is 0 Å². The third-order valence-electron chi connectivity index (χ3n) is 0. The van der Waals surface area contributed by atoms with Crippen LogP contribution in [0.15, 0.2) is 0 Å². The summed E-state index contributed by atoms with van der Waals surface area (Å²) in [6.45, 7) is 0. The van der Waals surface area contributed by atoms with Crippen molar-refractivity contribution >= 4 is 0 Å². The number of hydrogen-bond acceptors (Lipinski definition) is 3. The summed E-state index contributed by atoms with van der Waals surface area (Å²) in [4.78, 5) is 0. The summed E-state index contributed by atoms with van der Waals surface area (Å²) in [5.74, 6) is 0. The van der Waals surface area contributed by atoms with Gasteiger partial charge in [0.2, 0.25) is 0 Å². The molecule has 0 amide bonds. The topological polar surface area (TPSA) is 51.2 Å². The zero-order chi connectivity index (χ0) is 6.00. The van der Waals surface area contributed by atoms with Crippen LogP contribution in [-0.4, -0.2) is 0 Å². The van der Waals surface area contributed by atoms with Crippen molar-refractivity contribution in [3.63, 3.8) is 0 Å². The summed E-state index contributed by atoms with van der Waals surface area (Å²) in [5, 5.41) is 0. The molecule has 0 aliphatic carbocycles. The quantitative estimate of drug-likeness (QED) is 0.564.